The van der Waals surface area contributed by atoms with Gasteiger partial charge in [-0.05, 0) is 71.7 Å². The Morgan fingerprint density at radius 3 is 2.54 bits per heavy atom. The van der Waals surface area contributed by atoms with E-state index in [1.54, 1.807) is 12.1 Å². The number of aromatic amines is 1. The molecule has 0 spiro atoms. The number of ether oxygens (including phenoxy) is 2. The maximum atomic E-state index is 15.2. The van der Waals surface area contributed by atoms with Gasteiger partial charge in [0.2, 0.25) is 5.88 Å². The van der Waals surface area contributed by atoms with Crippen LogP contribution in [0.3, 0.4) is 0 Å². The molecule has 0 radical (unpaired) electrons. The molecule has 11 nitrogen and oxygen atoms in total. The zero-order valence-corrected chi connectivity index (χ0v) is 24.5. The molecule has 13 heteroatoms. The Morgan fingerprint density at radius 1 is 1.10 bits per heavy atom. The van der Waals surface area contributed by atoms with E-state index in [1.807, 2.05) is 20.8 Å². The molecule has 5 rings (SSSR count). The van der Waals surface area contributed by atoms with Crippen molar-refractivity contribution in [3.63, 3.8) is 0 Å². The highest BCUT2D eigenvalue weighted by molar-refractivity contribution is 7.92. The zero-order valence-electron chi connectivity index (χ0n) is 23.7. The average Bonchev–Trinajstić information content (AvgIpc) is 3.30. The third-order valence-electron chi connectivity index (χ3n) is 6.88. The first kappa shape index (κ1) is 28.7. The normalized spacial score (nSPS) is 15.1. The number of aromatic nitrogens is 5. The van der Waals surface area contributed by atoms with E-state index in [4.69, 9.17) is 9.47 Å². The van der Waals surface area contributed by atoms with Gasteiger partial charge in [0.1, 0.15) is 23.1 Å². The lowest BCUT2D eigenvalue weighted by molar-refractivity contribution is 0.0824. The SMILES string of the molecule is Cc1n[nH]c2nc(-c3ccc(NS(=O)(=O)c4cc(OC(C)C)ccn4)c(F)c3)nc(OC3CCN(C(C)C)CC3)c12. The molecule has 0 atom stereocenters. The number of sulfonamides is 1. The molecule has 4 aromatic rings. The maximum Gasteiger partial charge on any atom is 0.279 e. The van der Waals surface area contributed by atoms with Crippen molar-refractivity contribution < 1.29 is 22.3 Å². The van der Waals surface area contributed by atoms with Crippen LogP contribution in [0.5, 0.6) is 11.6 Å². The van der Waals surface area contributed by atoms with Crippen LogP contribution < -0.4 is 14.2 Å². The Morgan fingerprint density at radius 2 is 1.85 bits per heavy atom. The molecule has 0 bridgehead atoms. The van der Waals surface area contributed by atoms with Gasteiger partial charge in [0, 0.05) is 37.0 Å². The topological polar surface area (TPSA) is 135 Å². The molecule has 1 saturated heterocycles. The fraction of sp³-hybridized carbons (Fsp3) is 0.429. The van der Waals surface area contributed by atoms with Crippen molar-refractivity contribution in [2.24, 2.45) is 0 Å². The maximum absolute atomic E-state index is 15.2. The second-order valence-corrected chi connectivity index (χ2v) is 12.3. The molecule has 1 aliphatic heterocycles. The molecule has 218 valence electrons. The summed E-state index contributed by atoms with van der Waals surface area (Å²) in [4.78, 5) is 15.5. The van der Waals surface area contributed by atoms with Crippen LogP contribution in [0.2, 0.25) is 0 Å². The van der Waals surface area contributed by atoms with E-state index in [0.717, 1.165) is 25.9 Å². The van der Waals surface area contributed by atoms with Gasteiger partial charge in [0.05, 0.1) is 17.5 Å². The summed E-state index contributed by atoms with van der Waals surface area (Å²) < 4.78 is 55.3. The molecular formula is C28H34FN7O4S. The first-order valence-corrected chi connectivity index (χ1v) is 15.1. The summed E-state index contributed by atoms with van der Waals surface area (Å²) in [6, 6.07) is 7.37. The number of piperidine rings is 1. The van der Waals surface area contributed by atoms with E-state index in [2.05, 4.69) is 48.6 Å². The van der Waals surface area contributed by atoms with E-state index >= 15 is 4.39 Å². The van der Waals surface area contributed by atoms with Crippen LogP contribution in [-0.4, -0.2) is 69.8 Å². The van der Waals surface area contributed by atoms with Crippen molar-refractivity contribution in [1.29, 1.82) is 0 Å². The van der Waals surface area contributed by atoms with Crippen molar-refractivity contribution in [2.45, 2.75) is 70.7 Å². The molecule has 0 unspecified atom stereocenters. The number of anilines is 1. The van der Waals surface area contributed by atoms with Crippen LogP contribution in [0, 0.1) is 12.7 Å². The second kappa shape index (κ2) is 11.6. The van der Waals surface area contributed by atoms with Crippen LogP contribution in [0.1, 0.15) is 46.2 Å². The van der Waals surface area contributed by atoms with Crippen molar-refractivity contribution in [2.75, 3.05) is 17.8 Å². The summed E-state index contributed by atoms with van der Waals surface area (Å²) in [5, 5.41) is 7.55. The Kier molecular flexibility index (Phi) is 8.09. The van der Waals surface area contributed by atoms with Crippen molar-refractivity contribution in [3.05, 3.63) is 48.0 Å². The molecule has 0 saturated carbocycles. The van der Waals surface area contributed by atoms with Crippen LogP contribution in [-0.2, 0) is 10.0 Å². The van der Waals surface area contributed by atoms with E-state index in [0.29, 0.717) is 40.0 Å². The van der Waals surface area contributed by atoms with Gasteiger partial charge in [-0.2, -0.15) is 18.5 Å². The largest absolute Gasteiger partial charge is 0.491 e. The molecule has 0 aliphatic carbocycles. The number of pyridine rings is 1. The first-order chi connectivity index (χ1) is 19.5. The van der Waals surface area contributed by atoms with Crippen LogP contribution in [0.15, 0.2) is 41.6 Å². The van der Waals surface area contributed by atoms with E-state index < -0.39 is 15.8 Å². The fourth-order valence-corrected chi connectivity index (χ4v) is 5.77. The second-order valence-electron chi connectivity index (χ2n) is 10.6. The molecule has 1 aliphatic rings. The van der Waals surface area contributed by atoms with Gasteiger partial charge in [-0.15, -0.1) is 0 Å². The molecule has 1 aromatic carbocycles. The van der Waals surface area contributed by atoms with Crippen LogP contribution >= 0.6 is 0 Å². The predicted molar refractivity (Wildman–Crippen MR) is 153 cm³/mol. The van der Waals surface area contributed by atoms with Gasteiger partial charge in [0.15, 0.2) is 16.5 Å². The van der Waals surface area contributed by atoms with Gasteiger partial charge in [-0.1, -0.05) is 0 Å². The van der Waals surface area contributed by atoms with Gasteiger partial charge in [-0.3, -0.25) is 9.82 Å². The third-order valence-corrected chi connectivity index (χ3v) is 8.14. The number of aryl methyl sites for hydroxylation is 1. The summed E-state index contributed by atoms with van der Waals surface area (Å²) in [6.07, 6.45) is 2.88. The Labute approximate surface area is 238 Å². The summed E-state index contributed by atoms with van der Waals surface area (Å²) in [7, 11) is -4.18. The van der Waals surface area contributed by atoms with E-state index in [-0.39, 0.29) is 28.7 Å². The smallest absolute Gasteiger partial charge is 0.279 e. The van der Waals surface area contributed by atoms with Gasteiger partial charge in [-0.25, -0.2) is 14.4 Å². The number of rotatable bonds is 9. The zero-order chi connectivity index (χ0) is 29.3. The average molecular weight is 584 g/mol. The molecule has 41 heavy (non-hydrogen) atoms. The monoisotopic (exact) mass is 583 g/mol. The fourth-order valence-electron chi connectivity index (χ4n) is 4.74. The number of H-pyrrole nitrogens is 1. The summed E-state index contributed by atoms with van der Waals surface area (Å²) in [5.74, 6) is 0.160. The third kappa shape index (κ3) is 6.41. The number of benzene rings is 1. The number of likely N-dealkylation sites (tertiary alicyclic amines) is 1. The Hall–Kier alpha value is -3.84. The van der Waals surface area contributed by atoms with Crippen molar-refractivity contribution in [1.82, 2.24) is 30.0 Å². The Bertz CT molecular complexity index is 1650. The van der Waals surface area contributed by atoms with Crippen LogP contribution in [0.25, 0.3) is 22.4 Å². The van der Waals surface area contributed by atoms with E-state index in [9.17, 15) is 8.42 Å². The number of hydrogen-bond acceptors (Lipinski definition) is 9. The molecule has 4 heterocycles. The van der Waals surface area contributed by atoms with Gasteiger partial charge < -0.3 is 14.4 Å². The summed E-state index contributed by atoms with van der Waals surface area (Å²) >= 11 is 0. The molecule has 3 aromatic heterocycles. The van der Waals surface area contributed by atoms with Crippen molar-refractivity contribution in [3.8, 4) is 23.0 Å². The quantitative estimate of drug-likeness (QED) is 0.287. The predicted octanol–water partition coefficient (Wildman–Crippen LogP) is 4.70. The first-order valence-electron chi connectivity index (χ1n) is 13.6. The minimum absolute atomic E-state index is 0.0168. The highest BCUT2D eigenvalue weighted by Crippen LogP contribution is 2.31. The number of hydrogen-bond donors (Lipinski definition) is 2. The van der Waals surface area contributed by atoms with Gasteiger partial charge in [0.25, 0.3) is 10.0 Å². The van der Waals surface area contributed by atoms with Crippen molar-refractivity contribution >= 4 is 26.7 Å². The highest BCUT2D eigenvalue weighted by Gasteiger charge is 2.25. The highest BCUT2D eigenvalue weighted by atomic mass is 32.2. The Balaban J connectivity index is 1.39. The molecular weight excluding hydrogens is 549 g/mol. The molecule has 2 N–H and O–H groups in total. The van der Waals surface area contributed by atoms with Crippen LogP contribution in [0.4, 0.5) is 10.1 Å². The lowest BCUT2D eigenvalue weighted by atomic mass is 10.1. The minimum atomic E-state index is -4.18. The molecule has 1 fully saturated rings. The standard InChI is InChI=1S/C28H34FN7O4S/c1-16(2)36-12-9-20(10-13-36)40-28-25-18(5)33-34-27(25)31-26(32-28)19-6-7-23(22(29)14-19)35-41(37,38)24-15-21(8-11-30-24)39-17(3)4/h6-8,11,14-17,20,35H,9-10,12-13H2,1-5H3,(H,31,32,33,34). The lowest BCUT2D eigenvalue weighted by Crippen LogP contribution is -2.41. The summed E-state index contributed by atoms with van der Waals surface area (Å²) in [6.45, 7) is 11.7. The van der Waals surface area contributed by atoms with Gasteiger partial charge >= 0.3 is 0 Å². The molecule has 0 amide bonds. The number of nitrogens with one attached hydrogen (secondary N) is 2. The number of nitrogens with zero attached hydrogens (tertiary/aromatic N) is 5. The lowest BCUT2D eigenvalue weighted by Gasteiger charge is -2.34. The number of halogens is 1. The number of fused-ring (bicyclic) bond motifs is 1. The summed E-state index contributed by atoms with van der Waals surface area (Å²) in [5.41, 5.74) is 1.29. The van der Waals surface area contributed by atoms with E-state index in [1.165, 1.54) is 24.4 Å². The minimum Gasteiger partial charge on any atom is -0.491 e.